The first-order valence-corrected chi connectivity index (χ1v) is 5.56. The molecule has 0 atom stereocenters. The molecular weight excluding hydrogens is 219 g/mol. The van der Waals surface area contributed by atoms with E-state index in [0.717, 1.165) is 5.56 Å². The van der Waals surface area contributed by atoms with Crippen LogP contribution in [0.5, 0.6) is 0 Å². The molecule has 2 nitrogen and oxygen atoms in total. The number of carboxylic acids is 1. The molecule has 1 aliphatic rings. The van der Waals surface area contributed by atoms with Crippen LogP contribution >= 0.6 is 0 Å². The van der Waals surface area contributed by atoms with Gasteiger partial charge in [0.15, 0.2) is 0 Å². The molecule has 0 aliphatic heterocycles. The molecule has 1 saturated carbocycles. The number of halogens is 1. The maximum absolute atomic E-state index is 13.6. The molecule has 0 heterocycles. The molecule has 1 N–H and O–H groups in total. The lowest BCUT2D eigenvalue weighted by Gasteiger charge is -2.13. The minimum Gasteiger partial charge on any atom is -0.481 e. The standard InChI is InChI=1S/C14H11FO2/c15-12-6-2-3-9-10(12)4-1-5-11(9)14(7-8-14)13(16)17/h1-6H,7-8H2,(H,16,17). The monoisotopic (exact) mass is 230 g/mol. The first-order valence-electron chi connectivity index (χ1n) is 5.56. The fourth-order valence-electron chi connectivity index (χ4n) is 2.41. The Balaban J connectivity index is 2.32. The van der Waals surface area contributed by atoms with E-state index in [1.165, 1.54) is 6.07 Å². The zero-order valence-corrected chi connectivity index (χ0v) is 9.11. The van der Waals surface area contributed by atoms with Crippen LogP contribution < -0.4 is 0 Å². The minimum absolute atomic E-state index is 0.300. The highest BCUT2D eigenvalue weighted by atomic mass is 19.1. The summed E-state index contributed by atoms with van der Waals surface area (Å²) in [5.74, 6) is -1.11. The summed E-state index contributed by atoms with van der Waals surface area (Å²) in [6.07, 6.45) is 1.27. The number of carbonyl (C=O) groups is 1. The maximum atomic E-state index is 13.6. The second-order valence-corrected chi connectivity index (χ2v) is 4.53. The molecule has 0 aromatic heterocycles. The number of fused-ring (bicyclic) bond motifs is 1. The topological polar surface area (TPSA) is 37.3 Å². The van der Waals surface area contributed by atoms with E-state index in [1.54, 1.807) is 30.3 Å². The molecule has 1 aliphatic carbocycles. The van der Waals surface area contributed by atoms with Crippen LogP contribution in [0.2, 0.25) is 0 Å². The average Bonchev–Trinajstić information content (AvgIpc) is 3.10. The largest absolute Gasteiger partial charge is 0.481 e. The van der Waals surface area contributed by atoms with Crippen molar-refractivity contribution in [2.45, 2.75) is 18.3 Å². The Bertz CT molecular complexity index is 615. The van der Waals surface area contributed by atoms with Crippen molar-refractivity contribution >= 4 is 16.7 Å². The van der Waals surface area contributed by atoms with Gasteiger partial charge in [-0.3, -0.25) is 4.79 Å². The molecule has 0 amide bonds. The molecular formula is C14H11FO2. The van der Waals surface area contributed by atoms with Crippen molar-refractivity contribution in [3.63, 3.8) is 0 Å². The fraction of sp³-hybridized carbons (Fsp3) is 0.214. The van der Waals surface area contributed by atoms with Crippen LogP contribution in [0, 0.1) is 5.82 Å². The highest BCUT2D eigenvalue weighted by Crippen LogP contribution is 2.50. The number of benzene rings is 2. The fourth-order valence-corrected chi connectivity index (χ4v) is 2.41. The van der Waals surface area contributed by atoms with Gasteiger partial charge >= 0.3 is 5.97 Å². The van der Waals surface area contributed by atoms with Gasteiger partial charge in [-0.25, -0.2) is 4.39 Å². The molecule has 2 aromatic rings. The van der Waals surface area contributed by atoms with Crippen LogP contribution in [0.4, 0.5) is 4.39 Å². The molecule has 86 valence electrons. The first-order chi connectivity index (χ1) is 8.15. The summed E-state index contributed by atoms with van der Waals surface area (Å²) in [7, 11) is 0. The minimum atomic E-state index is -0.811. The molecule has 0 saturated heterocycles. The summed E-state index contributed by atoms with van der Waals surface area (Å²) in [6, 6.07) is 10.0. The number of hydrogen-bond acceptors (Lipinski definition) is 1. The molecule has 1 fully saturated rings. The normalized spacial score (nSPS) is 17.0. The van der Waals surface area contributed by atoms with Gasteiger partial charge in [0.05, 0.1) is 5.41 Å². The van der Waals surface area contributed by atoms with Crippen LogP contribution in [-0.4, -0.2) is 11.1 Å². The van der Waals surface area contributed by atoms with Crippen molar-refractivity contribution < 1.29 is 14.3 Å². The molecule has 3 rings (SSSR count). The van der Waals surface area contributed by atoms with Gasteiger partial charge in [0.25, 0.3) is 0 Å². The smallest absolute Gasteiger partial charge is 0.314 e. The van der Waals surface area contributed by atoms with Gasteiger partial charge in [0, 0.05) is 5.39 Å². The molecule has 0 spiro atoms. The van der Waals surface area contributed by atoms with E-state index in [1.807, 2.05) is 0 Å². The van der Waals surface area contributed by atoms with Crippen molar-refractivity contribution in [1.29, 1.82) is 0 Å². The maximum Gasteiger partial charge on any atom is 0.314 e. The number of hydrogen-bond donors (Lipinski definition) is 1. The Hall–Kier alpha value is -1.90. The van der Waals surface area contributed by atoms with Gasteiger partial charge < -0.3 is 5.11 Å². The molecule has 0 radical (unpaired) electrons. The third-order valence-electron chi connectivity index (χ3n) is 3.54. The van der Waals surface area contributed by atoms with E-state index in [4.69, 9.17) is 0 Å². The summed E-state index contributed by atoms with van der Waals surface area (Å²) in [4.78, 5) is 11.3. The summed E-state index contributed by atoms with van der Waals surface area (Å²) in [5, 5.41) is 10.5. The second kappa shape index (κ2) is 3.29. The summed E-state index contributed by atoms with van der Waals surface area (Å²) >= 11 is 0. The van der Waals surface area contributed by atoms with Crippen molar-refractivity contribution in [3.8, 4) is 0 Å². The third kappa shape index (κ3) is 1.35. The zero-order valence-electron chi connectivity index (χ0n) is 9.11. The van der Waals surface area contributed by atoms with Crippen molar-refractivity contribution in [2.24, 2.45) is 0 Å². The lowest BCUT2D eigenvalue weighted by atomic mass is 9.91. The molecule has 0 unspecified atom stereocenters. The van der Waals surface area contributed by atoms with Gasteiger partial charge in [0.2, 0.25) is 0 Å². The Morgan fingerprint density at radius 1 is 1.12 bits per heavy atom. The van der Waals surface area contributed by atoms with Gasteiger partial charge in [-0.2, -0.15) is 0 Å². The van der Waals surface area contributed by atoms with Crippen LogP contribution in [0.15, 0.2) is 36.4 Å². The number of aliphatic carboxylic acids is 1. The molecule has 3 heteroatoms. The van der Waals surface area contributed by atoms with E-state index >= 15 is 0 Å². The second-order valence-electron chi connectivity index (χ2n) is 4.53. The van der Waals surface area contributed by atoms with E-state index in [-0.39, 0.29) is 5.82 Å². The zero-order chi connectivity index (χ0) is 12.0. The number of rotatable bonds is 2. The first kappa shape index (κ1) is 10.3. The molecule has 0 bridgehead atoms. The quantitative estimate of drug-likeness (QED) is 0.860. The van der Waals surface area contributed by atoms with Crippen LogP contribution in [0.1, 0.15) is 18.4 Å². The summed E-state index contributed by atoms with van der Waals surface area (Å²) in [5.41, 5.74) is -0.0465. The lowest BCUT2D eigenvalue weighted by Crippen LogP contribution is -2.19. The van der Waals surface area contributed by atoms with Crippen molar-refractivity contribution in [3.05, 3.63) is 47.8 Å². The predicted octanol–water partition coefficient (Wildman–Crippen LogP) is 3.10. The van der Waals surface area contributed by atoms with Crippen molar-refractivity contribution in [1.82, 2.24) is 0 Å². The highest BCUT2D eigenvalue weighted by molar-refractivity contribution is 5.95. The average molecular weight is 230 g/mol. The van der Waals surface area contributed by atoms with Gasteiger partial charge in [0.1, 0.15) is 5.82 Å². The Labute approximate surface area is 97.7 Å². The highest BCUT2D eigenvalue weighted by Gasteiger charge is 2.52. The lowest BCUT2D eigenvalue weighted by molar-refractivity contribution is -0.139. The Kier molecular flexibility index (Phi) is 1.99. The third-order valence-corrected chi connectivity index (χ3v) is 3.54. The van der Waals surface area contributed by atoms with Crippen LogP contribution in [0.3, 0.4) is 0 Å². The van der Waals surface area contributed by atoms with Gasteiger partial charge in [-0.15, -0.1) is 0 Å². The summed E-state index contributed by atoms with van der Waals surface area (Å²) in [6.45, 7) is 0. The van der Waals surface area contributed by atoms with Gasteiger partial charge in [-0.1, -0.05) is 30.3 Å². The molecule has 2 aromatic carbocycles. The van der Waals surface area contributed by atoms with E-state index in [9.17, 15) is 14.3 Å². The number of carboxylic acid groups (broad SMARTS) is 1. The van der Waals surface area contributed by atoms with Gasteiger partial charge in [-0.05, 0) is 29.9 Å². The Morgan fingerprint density at radius 3 is 2.41 bits per heavy atom. The SMILES string of the molecule is O=C(O)C1(c2cccc3c(F)cccc23)CC1. The summed E-state index contributed by atoms with van der Waals surface area (Å²) < 4.78 is 13.6. The molecule has 17 heavy (non-hydrogen) atoms. The van der Waals surface area contributed by atoms with Crippen LogP contribution in [-0.2, 0) is 10.2 Å². The Morgan fingerprint density at radius 2 is 1.76 bits per heavy atom. The van der Waals surface area contributed by atoms with E-state index in [2.05, 4.69) is 0 Å². The van der Waals surface area contributed by atoms with Crippen molar-refractivity contribution in [2.75, 3.05) is 0 Å². The van der Waals surface area contributed by atoms with E-state index < -0.39 is 11.4 Å². The van der Waals surface area contributed by atoms with Crippen LogP contribution in [0.25, 0.3) is 10.8 Å². The predicted molar refractivity (Wildman–Crippen MR) is 62.5 cm³/mol. The van der Waals surface area contributed by atoms with E-state index in [0.29, 0.717) is 23.6 Å².